The standard InChI is InChI=1S/C26H25N3O3S/c1-16-9-8-12-22(18(16)3)29-17(2)13-20(19(29)4)14-23-25(31)28(26(32)33-23)15-24(30)27-21-10-6-5-7-11-21/h5-14H,15H2,1-4H3,(H,27,30)/b23-14-. The molecule has 33 heavy (non-hydrogen) atoms. The van der Waals surface area contributed by atoms with Gasteiger partial charge >= 0.3 is 0 Å². The summed E-state index contributed by atoms with van der Waals surface area (Å²) < 4.78 is 2.16. The first-order valence-corrected chi connectivity index (χ1v) is 11.4. The summed E-state index contributed by atoms with van der Waals surface area (Å²) in [4.78, 5) is 39.0. The highest BCUT2D eigenvalue weighted by molar-refractivity contribution is 8.18. The molecule has 2 heterocycles. The molecule has 1 aromatic heterocycles. The molecular formula is C26H25N3O3S. The molecule has 0 bridgehead atoms. The molecule has 0 radical (unpaired) electrons. The number of hydrogen-bond acceptors (Lipinski definition) is 4. The predicted molar refractivity (Wildman–Crippen MR) is 132 cm³/mol. The van der Waals surface area contributed by atoms with Crippen molar-refractivity contribution in [3.8, 4) is 5.69 Å². The van der Waals surface area contributed by atoms with Gasteiger partial charge in [0.05, 0.1) is 4.91 Å². The number of carbonyl (C=O) groups excluding carboxylic acids is 3. The van der Waals surface area contributed by atoms with Gasteiger partial charge in [-0.1, -0.05) is 30.3 Å². The molecule has 0 aliphatic carbocycles. The van der Waals surface area contributed by atoms with E-state index < -0.39 is 17.1 Å². The van der Waals surface area contributed by atoms with Crippen LogP contribution < -0.4 is 5.32 Å². The van der Waals surface area contributed by atoms with Gasteiger partial charge in [0.25, 0.3) is 11.1 Å². The van der Waals surface area contributed by atoms with Crippen LogP contribution in [0.5, 0.6) is 0 Å². The molecule has 1 fully saturated rings. The van der Waals surface area contributed by atoms with Crippen LogP contribution in [0.4, 0.5) is 10.5 Å². The van der Waals surface area contributed by atoms with Crippen LogP contribution in [0.3, 0.4) is 0 Å². The van der Waals surface area contributed by atoms with Crippen LogP contribution in [0.15, 0.2) is 59.5 Å². The van der Waals surface area contributed by atoms with Crippen molar-refractivity contribution in [3.63, 3.8) is 0 Å². The number of aromatic nitrogens is 1. The summed E-state index contributed by atoms with van der Waals surface area (Å²) in [6.07, 6.45) is 1.74. The Hall–Kier alpha value is -3.58. The fraction of sp³-hybridized carbons (Fsp3) is 0.192. The molecule has 1 saturated heterocycles. The van der Waals surface area contributed by atoms with Gasteiger partial charge in [-0.2, -0.15) is 0 Å². The number of aryl methyl sites for hydroxylation is 2. The average Bonchev–Trinajstić information content (AvgIpc) is 3.20. The van der Waals surface area contributed by atoms with Crippen LogP contribution in [0, 0.1) is 27.7 Å². The highest BCUT2D eigenvalue weighted by atomic mass is 32.2. The first kappa shape index (κ1) is 22.6. The Morgan fingerprint density at radius 1 is 1.00 bits per heavy atom. The molecule has 6 nitrogen and oxygen atoms in total. The largest absolute Gasteiger partial charge is 0.325 e. The van der Waals surface area contributed by atoms with Gasteiger partial charge in [0.2, 0.25) is 5.91 Å². The number of nitrogens with one attached hydrogen (secondary N) is 1. The van der Waals surface area contributed by atoms with Crippen molar-refractivity contribution in [1.29, 1.82) is 0 Å². The second-order valence-corrected chi connectivity index (χ2v) is 9.06. The van der Waals surface area contributed by atoms with Crippen molar-refractivity contribution in [2.24, 2.45) is 0 Å². The summed E-state index contributed by atoms with van der Waals surface area (Å²) in [6.45, 7) is 7.87. The Balaban J connectivity index is 1.57. The predicted octanol–water partition coefficient (Wildman–Crippen LogP) is 5.39. The van der Waals surface area contributed by atoms with Gasteiger partial charge in [-0.15, -0.1) is 0 Å². The molecule has 3 aromatic rings. The summed E-state index contributed by atoms with van der Waals surface area (Å²) >= 11 is 0.859. The van der Waals surface area contributed by atoms with Crippen molar-refractivity contribution in [3.05, 3.63) is 87.6 Å². The molecule has 0 spiro atoms. The topological polar surface area (TPSA) is 71.4 Å². The van der Waals surface area contributed by atoms with Gasteiger partial charge in [-0.3, -0.25) is 19.3 Å². The maximum atomic E-state index is 12.9. The Morgan fingerprint density at radius 3 is 2.45 bits per heavy atom. The van der Waals surface area contributed by atoms with Crippen LogP contribution in [-0.2, 0) is 9.59 Å². The van der Waals surface area contributed by atoms with Crippen molar-refractivity contribution in [1.82, 2.24) is 9.47 Å². The molecule has 3 amide bonds. The summed E-state index contributed by atoms with van der Waals surface area (Å²) in [6, 6.07) is 17.1. The highest BCUT2D eigenvalue weighted by Gasteiger charge is 2.36. The summed E-state index contributed by atoms with van der Waals surface area (Å²) in [5.41, 5.74) is 6.99. The first-order chi connectivity index (χ1) is 15.8. The Kier molecular flexibility index (Phi) is 6.24. The highest BCUT2D eigenvalue weighted by Crippen LogP contribution is 2.34. The number of para-hydroxylation sites is 1. The lowest BCUT2D eigenvalue weighted by atomic mass is 10.1. The zero-order valence-electron chi connectivity index (χ0n) is 19.0. The van der Waals surface area contributed by atoms with E-state index in [-0.39, 0.29) is 6.54 Å². The van der Waals surface area contributed by atoms with Crippen molar-refractivity contribution in [2.45, 2.75) is 27.7 Å². The van der Waals surface area contributed by atoms with E-state index in [0.29, 0.717) is 10.6 Å². The molecule has 1 aliphatic heterocycles. The van der Waals surface area contributed by atoms with Crippen LogP contribution >= 0.6 is 11.8 Å². The fourth-order valence-electron chi connectivity index (χ4n) is 3.93. The molecule has 168 valence electrons. The third-order valence-corrected chi connectivity index (χ3v) is 6.71. The number of amides is 3. The quantitative estimate of drug-likeness (QED) is 0.520. The molecule has 2 aromatic carbocycles. The third kappa shape index (κ3) is 4.50. The Morgan fingerprint density at radius 2 is 1.73 bits per heavy atom. The van der Waals surface area contributed by atoms with Gasteiger partial charge in [0.1, 0.15) is 6.54 Å². The summed E-state index contributed by atoms with van der Waals surface area (Å²) in [7, 11) is 0. The maximum absolute atomic E-state index is 12.9. The number of benzene rings is 2. The van der Waals surface area contributed by atoms with Crippen LogP contribution in [-0.4, -0.2) is 33.1 Å². The molecular weight excluding hydrogens is 434 g/mol. The molecule has 1 aliphatic rings. The Labute approximate surface area is 197 Å². The number of carbonyl (C=O) groups is 3. The third-order valence-electron chi connectivity index (χ3n) is 5.81. The van der Waals surface area contributed by atoms with Gasteiger partial charge in [-0.05, 0) is 86.5 Å². The van der Waals surface area contributed by atoms with E-state index in [9.17, 15) is 14.4 Å². The van der Waals surface area contributed by atoms with Crippen molar-refractivity contribution < 1.29 is 14.4 Å². The number of nitrogens with zero attached hydrogens (tertiary/aromatic N) is 2. The minimum absolute atomic E-state index is 0.314. The van der Waals surface area contributed by atoms with Gasteiger partial charge < -0.3 is 9.88 Å². The lowest BCUT2D eigenvalue weighted by Crippen LogP contribution is -2.36. The molecule has 1 N–H and O–H groups in total. The minimum atomic E-state index is -0.454. The molecule has 0 saturated carbocycles. The van der Waals surface area contributed by atoms with Crippen molar-refractivity contribution >= 4 is 40.6 Å². The second kappa shape index (κ2) is 9.11. The van der Waals surface area contributed by atoms with Crippen molar-refractivity contribution in [2.75, 3.05) is 11.9 Å². The SMILES string of the molecule is Cc1cccc(-n2c(C)cc(/C=C3\SC(=O)N(CC(=O)Nc4ccccc4)C3=O)c2C)c1C. The van der Waals surface area contributed by atoms with Crippen LogP contribution in [0.25, 0.3) is 11.8 Å². The normalized spacial score (nSPS) is 14.9. The monoisotopic (exact) mass is 459 g/mol. The smallest absolute Gasteiger partial charge is 0.294 e. The van der Waals surface area contributed by atoms with Gasteiger partial charge in [-0.25, -0.2) is 0 Å². The van der Waals surface area contributed by atoms with E-state index in [0.717, 1.165) is 39.3 Å². The summed E-state index contributed by atoms with van der Waals surface area (Å²) in [5, 5.41) is 2.26. The number of thioether (sulfide) groups is 1. The number of imide groups is 1. The molecule has 4 rings (SSSR count). The average molecular weight is 460 g/mol. The van der Waals surface area contributed by atoms with E-state index in [1.165, 1.54) is 11.1 Å². The second-order valence-electron chi connectivity index (χ2n) is 8.06. The van der Waals surface area contributed by atoms with E-state index in [4.69, 9.17) is 0 Å². The van der Waals surface area contributed by atoms with Gasteiger partial charge in [0.15, 0.2) is 0 Å². The molecule has 7 heteroatoms. The maximum Gasteiger partial charge on any atom is 0.294 e. The van der Waals surface area contributed by atoms with Gasteiger partial charge in [0, 0.05) is 22.8 Å². The van der Waals surface area contributed by atoms with E-state index in [1.807, 2.05) is 32.0 Å². The van der Waals surface area contributed by atoms with E-state index in [2.05, 4.69) is 35.9 Å². The van der Waals surface area contributed by atoms with Crippen LogP contribution in [0.1, 0.15) is 28.1 Å². The fourth-order valence-corrected chi connectivity index (χ4v) is 4.75. The number of rotatable bonds is 5. The zero-order chi connectivity index (χ0) is 23.7. The summed E-state index contributed by atoms with van der Waals surface area (Å²) in [5.74, 6) is -0.873. The Bertz CT molecular complexity index is 1290. The van der Waals surface area contributed by atoms with E-state index >= 15 is 0 Å². The number of hydrogen-bond donors (Lipinski definition) is 1. The van der Waals surface area contributed by atoms with Crippen LogP contribution in [0.2, 0.25) is 0 Å². The first-order valence-electron chi connectivity index (χ1n) is 10.6. The molecule has 0 atom stereocenters. The van der Waals surface area contributed by atoms with E-state index in [1.54, 1.807) is 30.3 Å². The lowest BCUT2D eigenvalue weighted by molar-refractivity contribution is -0.127. The number of anilines is 1. The zero-order valence-corrected chi connectivity index (χ0v) is 19.8. The minimum Gasteiger partial charge on any atom is -0.325 e. The lowest BCUT2D eigenvalue weighted by Gasteiger charge is -2.14. The molecule has 0 unspecified atom stereocenters.